The van der Waals surface area contributed by atoms with Crippen molar-refractivity contribution in [1.82, 2.24) is 14.8 Å². The number of nitro groups is 1. The highest BCUT2D eigenvalue weighted by atomic mass is 35.5. The summed E-state index contributed by atoms with van der Waals surface area (Å²) in [5.41, 5.74) is 0.936. The second-order valence-corrected chi connectivity index (χ2v) is 4.36. The van der Waals surface area contributed by atoms with Gasteiger partial charge in [0.1, 0.15) is 10.3 Å². The van der Waals surface area contributed by atoms with Crippen LogP contribution in [0.4, 0.5) is 0 Å². The minimum atomic E-state index is -0.676. The largest absolute Gasteiger partial charge is 0.339 e. The van der Waals surface area contributed by atoms with Gasteiger partial charge in [-0.2, -0.15) is 0 Å². The zero-order valence-corrected chi connectivity index (χ0v) is 10.5. The Morgan fingerprint density at radius 2 is 2.33 bits per heavy atom. The van der Waals surface area contributed by atoms with E-state index in [0.717, 1.165) is 5.56 Å². The van der Waals surface area contributed by atoms with Crippen LogP contribution in [0.25, 0.3) is 0 Å². The van der Waals surface area contributed by atoms with Gasteiger partial charge in [0.25, 0.3) is 5.96 Å². The lowest BCUT2D eigenvalue weighted by molar-refractivity contribution is -0.486. The monoisotopic (exact) mass is 269 g/mol. The number of rotatable bonds is 3. The van der Waals surface area contributed by atoms with Crippen molar-refractivity contribution < 1.29 is 5.03 Å². The van der Waals surface area contributed by atoms with E-state index in [1.54, 1.807) is 24.2 Å². The molecule has 1 aromatic rings. The van der Waals surface area contributed by atoms with Crippen molar-refractivity contribution in [3.8, 4) is 0 Å². The van der Waals surface area contributed by atoms with Crippen molar-refractivity contribution in [2.75, 3.05) is 20.1 Å². The van der Waals surface area contributed by atoms with Crippen LogP contribution in [0.15, 0.2) is 23.4 Å². The number of guanidine groups is 1. The fourth-order valence-electron chi connectivity index (χ4n) is 1.79. The fourth-order valence-corrected chi connectivity index (χ4v) is 1.91. The van der Waals surface area contributed by atoms with Crippen molar-refractivity contribution in [2.24, 2.45) is 5.10 Å². The number of nitrogens with zero attached hydrogens (tertiary/aromatic N) is 5. The van der Waals surface area contributed by atoms with Gasteiger partial charge in [0.2, 0.25) is 0 Å². The first-order chi connectivity index (χ1) is 8.56. The molecule has 0 amide bonds. The molecule has 1 saturated heterocycles. The molecule has 96 valence electrons. The molecule has 8 heteroatoms. The normalized spacial score (nSPS) is 17.6. The van der Waals surface area contributed by atoms with Crippen LogP contribution in [-0.4, -0.2) is 45.9 Å². The first kappa shape index (κ1) is 12.6. The van der Waals surface area contributed by atoms with Gasteiger partial charge in [0, 0.05) is 32.9 Å². The number of hydrogen-bond acceptors (Lipinski definition) is 3. The molecule has 0 aliphatic carbocycles. The summed E-state index contributed by atoms with van der Waals surface area (Å²) in [6, 6.07) is 3.54. The lowest BCUT2D eigenvalue weighted by Crippen LogP contribution is -2.31. The molecule has 0 atom stereocenters. The van der Waals surface area contributed by atoms with Crippen molar-refractivity contribution in [2.45, 2.75) is 6.54 Å². The molecule has 0 saturated carbocycles. The van der Waals surface area contributed by atoms with Crippen LogP contribution >= 0.6 is 11.6 Å². The molecule has 0 unspecified atom stereocenters. The molecule has 7 nitrogen and oxygen atoms in total. The van der Waals surface area contributed by atoms with E-state index < -0.39 is 5.03 Å². The number of halogens is 1. The van der Waals surface area contributed by atoms with E-state index >= 15 is 0 Å². The number of aromatic nitrogens is 1. The summed E-state index contributed by atoms with van der Waals surface area (Å²) in [7, 11) is 1.78. The molecule has 0 radical (unpaired) electrons. The van der Waals surface area contributed by atoms with E-state index in [1.165, 1.54) is 0 Å². The Balaban J connectivity index is 2.13. The zero-order chi connectivity index (χ0) is 13.1. The van der Waals surface area contributed by atoms with E-state index in [1.807, 2.05) is 11.0 Å². The van der Waals surface area contributed by atoms with Gasteiger partial charge in [-0.1, -0.05) is 17.7 Å². The Bertz CT molecular complexity index is 476. The Hall–Kier alpha value is -1.89. The molecule has 1 fully saturated rings. The summed E-state index contributed by atoms with van der Waals surface area (Å²) in [5, 5.41) is 13.6. The Kier molecular flexibility index (Phi) is 3.61. The van der Waals surface area contributed by atoms with E-state index in [4.69, 9.17) is 11.6 Å². The third kappa shape index (κ3) is 2.86. The van der Waals surface area contributed by atoms with Crippen LogP contribution < -0.4 is 0 Å². The minimum absolute atomic E-state index is 0.370. The van der Waals surface area contributed by atoms with Crippen LogP contribution in [0, 0.1) is 10.1 Å². The quantitative estimate of drug-likeness (QED) is 0.465. The second kappa shape index (κ2) is 5.18. The molecule has 0 N–H and O–H groups in total. The molecular weight excluding hydrogens is 258 g/mol. The van der Waals surface area contributed by atoms with E-state index in [9.17, 15) is 10.1 Å². The number of hydrazone groups is 1. The third-order valence-corrected chi connectivity index (χ3v) is 2.89. The molecule has 0 aromatic carbocycles. The standard InChI is InChI=1S/C10H12ClN5O2/c1-14-4-5-15(10(14)13-16(17)18)7-8-2-3-9(11)12-6-8/h2-3,6H,4-5,7H2,1H3/b13-10+. The fraction of sp³-hybridized carbons (Fsp3) is 0.400. The molecule has 1 aliphatic rings. The first-order valence-corrected chi connectivity index (χ1v) is 5.73. The van der Waals surface area contributed by atoms with Crippen molar-refractivity contribution >= 4 is 17.6 Å². The number of pyridine rings is 1. The minimum Gasteiger partial charge on any atom is -0.339 e. The number of likely N-dealkylation sites (N-methyl/N-ethyl adjacent to an activating group) is 1. The Morgan fingerprint density at radius 1 is 1.56 bits per heavy atom. The van der Waals surface area contributed by atoms with Gasteiger partial charge in [-0.05, 0) is 11.6 Å². The first-order valence-electron chi connectivity index (χ1n) is 5.36. The van der Waals surface area contributed by atoms with Crippen LogP contribution in [0.1, 0.15) is 5.56 Å². The van der Waals surface area contributed by atoms with Crippen LogP contribution in [0.2, 0.25) is 5.15 Å². The maximum atomic E-state index is 10.5. The SMILES string of the molecule is CN1CCN(Cc2ccc(Cl)nc2)/C1=N/[N+](=O)[O-]. The summed E-state index contributed by atoms with van der Waals surface area (Å²) < 4.78 is 0. The third-order valence-electron chi connectivity index (χ3n) is 2.66. The van der Waals surface area contributed by atoms with Gasteiger partial charge in [-0.15, -0.1) is 0 Å². The van der Waals surface area contributed by atoms with Gasteiger partial charge in [-0.3, -0.25) is 0 Å². The van der Waals surface area contributed by atoms with E-state index in [2.05, 4.69) is 10.1 Å². The van der Waals surface area contributed by atoms with Gasteiger partial charge < -0.3 is 9.80 Å². The summed E-state index contributed by atoms with van der Waals surface area (Å²) in [6.45, 7) is 1.95. The predicted octanol–water partition coefficient (Wildman–Crippen LogP) is 1.03. The highest BCUT2D eigenvalue weighted by molar-refractivity contribution is 6.29. The molecule has 0 bridgehead atoms. The molecule has 0 spiro atoms. The highest BCUT2D eigenvalue weighted by Gasteiger charge is 2.26. The van der Waals surface area contributed by atoms with Gasteiger partial charge in [0.05, 0.1) is 0 Å². The summed E-state index contributed by atoms with van der Waals surface area (Å²) in [5.74, 6) is 0.370. The van der Waals surface area contributed by atoms with Crippen LogP contribution in [-0.2, 0) is 6.54 Å². The number of hydrogen-bond donors (Lipinski definition) is 0. The van der Waals surface area contributed by atoms with Gasteiger partial charge in [-0.25, -0.2) is 15.1 Å². The molecule has 1 aliphatic heterocycles. The van der Waals surface area contributed by atoms with E-state index in [-0.39, 0.29) is 0 Å². The van der Waals surface area contributed by atoms with Crippen molar-refractivity contribution in [3.05, 3.63) is 39.2 Å². The molecule has 2 rings (SSSR count). The lowest BCUT2D eigenvalue weighted by Gasteiger charge is -2.17. The molecule has 1 aromatic heterocycles. The summed E-state index contributed by atoms with van der Waals surface area (Å²) >= 11 is 5.70. The van der Waals surface area contributed by atoms with Crippen LogP contribution in [0.5, 0.6) is 0 Å². The van der Waals surface area contributed by atoms with Crippen molar-refractivity contribution in [1.29, 1.82) is 0 Å². The van der Waals surface area contributed by atoms with Crippen LogP contribution in [0.3, 0.4) is 0 Å². The maximum Gasteiger partial charge on any atom is 0.274 e. The highest BCUT2D eigenvalue weighted by Crippen LogP contribution is 2.13. The average molecular weight is 270 g/mol. The Labute approximate surface area is 109 Å². The maximum absolute atomic E-state index is 10.5. The molecule has 2 heterocycles. The molecule has 18 heavy (non-hydrogen) atoms. The van der Waals surface area contributed by atoms with Gasteiger partial charge >= 0.3 is 0 Å². The topological polar surface area (TPSA) is 74.9 Å². The summed E-state index contributed by atoms with van der Waals surface area (Å²) in [6.07, 6.45) is 1.66. The Morgan fingerprint density at radius 3 is 2.94 bits per heavy atom. The zero-order valence-electron chi connectivity index (χ0n) is 9.78. The van der Waals surface area contributed by atoms with Gasteiger partial charge in [0.15, 0.2) is 5.03 Å². The summed E-state index contributed by atoms with van der Waals surface area (Å²) in [4.78, 5) is 18.1. The van der Waals surface area contributed by atoms with E-state index in [0.29, 0.717) is 30.7 Å². The average Bonchev–Trinajstić information content (AvgIpc) is 2.64. The second-order valence-electron chi connectivity index (χ2n) is 3.97. The molecular formula is C10H12ClN5O2. The van der Waals surface area contributed by atoms with Crippen molar-refractivity contribution in [3.63, 3.8) is 0 Å². The predicted molar refractivity (Wildman–Crippen MR) is 66.7 cm³/mol. The lowest BCUT2D eigenvalue weighted by atomic mass is 10.3. The smallest absolute Gasteiger partial charge is 0.274 e.